The normalized spacial score (nSPS) is 10.1. The Kier molecular flexibility index (Phi) is 2.56. The third kappa shape index (κ3) is 1.66. The quantitative estimate of drug-likeness (QED) is 0.736. The van der Waals surface area contributed by atoms with E-state index in [4.69, 9.17) is 11.6 Å². The first-order valence-corrected chi connectivity index (χ1v) is 5.13. The Balaban J connectivity index is 2.42. The van der Waals surface area contributed by atoms with Gasteiger partial charge in [0.2, 0.25) is 5.78 Å². The van der Waals surface area contributed by atoms with Gasteiger partial charge in [-0.3, -0.25) is 9.78 Å². The number of pyridine rings is 1. The van der Waals surface area contributed by atoms with Crippen molar-refractivity contribution in [3.05, 3.63) is 45.6 Å². The molecule has 0 bridgehead atoms. The SMILES string of the molecule is O=C(c1cscn1)c1ccncc1Cl. The molecule has 0 saturated heterocycles. The summed E-state index contributed by atoms with van der Waals surface area (Å²) in [5.74, 6) is -0.168. The smallest absolute Gasteiger partial charge is 0.213 e. The average Bonchev–Trinajstić information content (AvgIpc) is 2.70. The second kappa shape index (κ2) is 3.86. The summed E-state index contributed by atoms with van der Waals surface area (Å²) in [5.41, 5.74) is 2.47. The van der Waals surface area contributed by atoms with Gasteiger partial charge in [0, 0.05) is 23.3 Å². The highest BCUT2D eigenvalue weighted by Crippen LogP contribution is 2.17. The number of thiazole rings is 1. The number of carbonyl (C=O) groups is 1. The molecule has 2 rings (SSSR count). The van der Waals surface area contributed by atoms with Crippen LogP contribution in [0.4, 0.5) is 0 Å². The molecule has 3 nitrogen and oxygen atoms in total. The van der Waals surface area contributed by atoms with Gasteiger partial charge in [-0.15, -0.1) is 11.3 Å². The van der Waals surface area contributed by atoms with E-state index in [2.05, 4.69) is 9.97 Å². The van der Waals surface area contributed by atoms with Crippen molar-refractivity contribution < 1.29 is 4.79 Å². The fraction of sp³-hybridized carbons (Fsp3) is 0. The molecule has 2 heterocycles. The summed E-state index contributed by atoms with van der Waals surface area (Å²) in [6, 6.07) is 1.59. The third-order valence-corrected chi connectivity index (χ3v) is 2.57. The standard InChI is InChI=1S/C9H5ClN2OS/c10-7-3-11-2-1-6(7)9(13)8-4-14-5-12-8/h1-5H. The summed E-state index contributed by atoms with van der Waals surface area (Å²) in [6.07, 6.45) is 2.98. The number of hydrogen-bond acceptors (Lipinski definition) is 4. The monoisotopic (exact) mass is 224 g/mol. The van der Waals surface area contributed by atoms with E-state index >= 15 is 0 Å². The van der Waals surface area contributed by atoms with E-state index in [9.17, 15) is 4.79 Å². The van der Waals surface area contributed by atoms with Gasteiger partial charge in [0.25, 0.3) is 0 Å². The van der Waals surface area contributed by atoms with Gasteiger partial charge in [-0.2, -0.15) is 0 Å². The lowest BCUT2D eigenvalue weighted by Crippen LogP contribution is -2.02. The van der Waals surface area contributed by atoms with Gasteiger partial charge in [0.15, 0.2) is 0 Å². The summed E-state index contributed by atoms with van der Waals surface area (Å²) in [6.45, 7) is 0. The number of halogens is 1. The van der Waals surface area contributed by atoms with E-state index in [1.165, 1.54) is 23.7 Å². The van der Waals surface area contributed by atoms with Crippen LogP contribution in [-0.2, 0) is 0 Å². The van der Waals surface area contributed by atoms with E-state index in [-0.39, 0.29) is 5.78 Å². The van der Waals surface area contributed by atoms with Crippen LogP contribution in [0.3, 0.4) is 0 Å². The summed E-state index contributed by atoms with van der Waals surface area (Å²) >= 11 is 7.21. The zero-order chi connectivity index (χ0) is 9.97. The number of nitrogens with zero attached hydrogens (tertiary/aromatic N) is 2. The number of carbonyl (C=O) groups excluding carboxylic acids is 1. The number of rotatable bonds is 2. The molecule has 0 radical (unpaired) electrons. The van der Waals surface area contributed by atoms with E-state index < -0.39 is 0 Å². The van der Waals surface area contributed by atoms with Crippen LogP contribution < -0.4 is 0 Å². The first kappa shape index (κ1) is 9.30. The second-order valence-corrected chi connectivity index (χ2v) is 3.68. The second-order valence-electron chi connectivity index (χ2n) is 2.56. The molecule has 0 fully saturated rings. The lowest BCUT2D eigenvalue weighted by atomic mass is 10.1. The van der Waals surface area contributed by atoms with E-state index in [1.807, 2.05) is 0 Å². The Hall–Kier alpha value is -1.26. The molecule has 0 aromatic carbocycles. The lowest BCUT2D eigenvalue weighted by molar-refractivity contribution is 0.103. The van der Waals surface area contributed by atoms with Gasteiger partial charge in [-0.05, 0) is 6.07 Å². The van der Waals surface area contributed by atoms with Crippen LogP contribution in [0.1, 0.15) is 16.1 Å². The van der Waals surface area contributed by atoms with Crippen molar-refractivity contribution in [3.8, 4) is 0 Å². The topological polar surface area (TPSA) is 42.9 Å². The molecular weight excluding hydrogens is 220 g/mol. The number of hydrogen-bond donors (Lipinski definition) is 0. The summed E-state index contributed by atoms with van der Waals surface area (Å²) in [5, 5.41) is 2.05. The van der Waals surface area contributed by atoms with E-state index in [0.29, 0.717) is 16.3 Å². The number of ketones is 1. The van der Waals surface area contributed by atoms with Gasteiger partial charge in [0.05, 0.1) is 10.5 Å². The molecule has 0 amide bonds. The Bertz CT molecular complexity index is 456. The fourth-order valence-corrected chi connectivity index (χ4v) is 1.76. The minimum atomic E-state index is -0.168. The molecule has 0 atom stereocenters. The van der Waals surface area contributed by atoms with Crippen LogP contribution >= 0.6 is 22.9 Å². The third-order valence-electron chi connectivity index (χ3n) is 1.68. The molecule has 0 N–H and O–H groups in total. The minimum absolute atomic E-state index is 0.168. The van der Waals surface area contributed by atoms with Crippen molar-refractivity contribution in [1.29, 1.82) is 0 Å². The fourth-order valence-electron chi connectivity index (χ4n) is 1.02. The van der Waals surface area contributed by atoms with Crippen molar-refractivity contribution in [1.82, 2.24) is 9.97 Å². The Labute approximate surface area is 89.4 Å². The summed E-state index contributed by atoms with van der Waals surface area (Å²) < 4.78 is 0. The molecule has 2 aromatic rings. The van der Waals surface area contributed by atoms with Crippen LogP contribution in [0.15, 0.2) is 29.4 Å². The molecule has 0 saturated carbocycles. The highest BCUT2D eigenvalue weighted by Gasteiger charge is 2.13. The molecule has 0 aliphatic carbocycles. The summed E-state index contributed by atoms with van der Waals surface area (Å²) in [4.78, 5) is 19.5. The minimum Gasteiger partial charge on any atom is -0.287 e. The largest absolute Gasteiger partial charge is 0.287 e. The maximum Gasteiger partial charge on any atom is 0.213 e. The first-order valence-electron chi connectivity index (χ1n) is 3.81. The van der Waals surface area contributed by atoms with Crippen molar-refractivity contribution >= 4 is 28.7 Å². The molecule has 14 heavy (non-hydrogen) atoms. The van der Waals surface area contributed by atoms with Crippen LogP contribution in [0.5, 0.6) is 0 Å². The molecule has 0 aliphatic rings. The first-order chi connectivity index (χ1) is 6.79. The predicted octanol–water partition coefficient (Wildman–Crippen LogP) is 2.42. The van der Waals surface area contributed by atoms with Crippen molar-refractivity contribution in [3.63, 3.8) is 0 Å². The zero-order valence-corrected chi connectivity index (χ0v) is 8.55. The molecule has 70 valence electrons. The Morgan fingerprint density at radius 2 is 2.36 bits per heavy atom. The molecule has 0 spiro atoms. The maximum atomic E-state index is 11.8. The Morgan fingerprint density at radius 1 is 1.50 bits per heavy atom. The highest BCUT2D eigenvalue weighted by atomic mass is 35.5. The maximum absolute atomic E-state index is 11.8. The van der Waals surface area contributed by atoms with Crippen LogP contribution in [-0.4, -0.2) is 15.8 Å². The summed E-state index contributed by atoms with van der Waals surface area (Å²) in [7, 11) is 0. The molecule has 0 aliphatic heterocycles. The van der Waals surface area contributed by atoms with Gasteiger partial charge < -0.3 is 0 Å². The average molecular weight is 225 g/mol. The van der Waals surface area contributed by atoms with Crippen LogP contribution in [0.2, 0.25) is 5.02 Å². The van der Waals surface area contributed by atoms with Crippen molar-refractivity contribution in [2.45, 2.75) is 0 Å². The Morgan fingerprint density at radius 3 is 3.00 bits per heavy atom. The zero-order valence-electron chi connectivity index (χ0n) is 6.98. The van der Waals surface area contributed by atoms with Gasteiger partial charge in [-0.1, -0.05) is 11.6 Å². The molecule has 2 aromatic heterocycles. The van der Waals surface area contributed by atoms with E-state index in [1.54, 1.807) is 17.0 Å². The van der Waals surface area contributed by atoms with E-state index in [0.717, 1.165) is 0 Å². The van der Waals surface area contributed by atoms with Crippen LogP contribution in [0, 0.1) is 0 Å². The van der Waals surface area contributed by atoms with Crippen LogP contribution in [0.25, 0.3) is 0 Å². The molecular formula is C9H5ClN2OS. The van der Waals surface area contributed by atoms with Crippen molar-refractivity contribution in [2.24, 2.45) is 0 Å². The van der Waals surface area contributed by atoms with Crippen molar-refractivity contribution in [2.75, 3.05) is 0 Å². The molecule has 0 unspecified atom stereocenters. The predicted molar refractivity (Wildman–Crippen MR) is 54.8 cm³/mol. The highest BCUT2D eigenvalue weighted by molar-refractivity contribution is 7.07. The number of aromatic nitrogens is 2. The van der Waals surface area contributed by atoms with Gasteiger partial charge in [0.1, 0.15) is 5.69 Å². The molecule has 5 heteroatoms. The van der Waals surface area contributed by atoms with Gasteiger partial charge >= 0.3 is 0 Å². The van der Waals surface area contributed by atoms with Gasteiger partial charge in [-0.25, -0.2) is 4.98 Å². The lowest BCUT2D eigenvalue weighted by Gasteiger charge is -1.98.